The second-order valence-electron chi connectivity index (χ2n) is 26.4. The first-order valence-corrected chi connectivity index (χ1v) is 35.7. The molecule has 566 valence electrons. The lowest BCUT2D eigenvalue weighted by Crippen LogP contribution is -2.65. The van der Waals surface area contributed by atoms with Crippen LogP contribution in [0.2, 0.25) is 0 Å². The first kappa shape index (κ1) is 80.7. The highest BCUT2D eigenvalue weighted by Crippen LogP contribution is 2.46. The van der Waals surface area contributed by atoms with Crippen molar-refractivity contribution in [3.63, 3.8) is 0 Å². The van der Waals surface area contributed by atoms with E-state index in [1.54, 1.807) is 38.1 Å². The molecule has 0 saturated carbocycles. The second-order valence-corrected chi connectivity index (χ2v) is 26.4. The number of fused-ring (bicyclic) bond motifs is 2. The molecule has 31 heteroatoms. The number of carbonyl (C=O) groups excluding carboxylic acids is 8. The van der Waals surface area contributed by atoms with Gasteiger partial charge in [0, 0.05) is 69.6 Å². The molecule has 7 amide bonds. The minimum absolute atomic E-state index is 0.00127. The Morgan fingerprint density at radius 1 is 0.624 bits per heavy atom. The van der Waals surface area contributed by atoms with Crippen LogP contribution in [0.1, 0.15) is 103 Å². The fourth-order valence-corrected chi connectivity index (χ4v) is 12.7. The van der Waals surface area contributed by atoms with Gasteiger partial charge < -0.3 is 98.0 Å². The van der Waals surface area contributed by atoms with Gasteiger partial charge >= 0.3 is 6.09 Å². The van der Waals surface area contributed by atoms with Gasteiger partial charge in [-0.15, -0.1) is 0 Å². The Balaban J connectivity index is 0.550. The SMILES string of the molecule is C=C1CO[C@@H](CCCC[C@H]2O[C@@H]3C4O[C@H]5CC[C@H](CC(=O)C[C@H]6CO[C@H](C[C@H](O)CNC(=O)OCc7ccc(NC(=O)CNC(=O)C(NC(=O)CCOCCOCCOCCOCCOCCOCCOCCOCCNC(=O)CCN8C(=O)C=CC8=O)C(C)C)cc7)C6)OC5[C@@H]3OO[C@H]42)C1. The van der Waals surface area contributed by atoms with Crippen LogP contribution in [0.3, 0.4) is 0 Å². The van der Waals surface area contributed by atoms with Gasteiger partial charge in [-0.25, -0.2) is 14.6 Å². The number of hydrogen-bond donors (Lipinski definition) is 6. The number of Topliss-reactive ketones (excluding diaryl/α,β-unsaturated/α-hetero) is 1. The van der Waals surface area contributed by atoms with E-state index >= 15 is 0 Å². The first-order chi connectivity index (χ1) is 49.0. The Labute approximate surface area is 590 Å². The summed E-state index contributed by atoms with van der Waals surface area (Å²) in [6.07, 6.45) is 6.36. The summed E-state index contributed by atoms with van der Waals surface area (Å²) in [6.45, 7) is 14.1. The minimum atomic E-state index is -0.906. The highest BCUT2D eigenvalue weighted by atomic mass is 17.2. The Bertz CT molecular complexity index is 2760. The average Bonchev–Trinajstić information content (AvgIpc) is 1.62. The van der Waals surface area contributed by atoms with E-state index in [4.69, 9.17) is 76.1 Å². The molecular formula is C70H106N6O25. The molecule has 0 radical (unpaired) electrons. The van der Waals surface area contributed by atoms with E-state index < -0.39 is 54.1 Å². The Morgan fingerprint density at radius 3 is 1.87 bits per heavy atom. The molecule has 0 spiro atoms. The average molecular weight is 1430 g/mol. The van der Waals surface area contributed by atoms with Crippen LogP contribution in [0.4, 0.5) is 10.5 Å². The molecule has 4 bridgehead atoms. The zero-order chi connectivity index (χ0) is 71.6. The van der Waals surface area contributed by atoms with Gasteiger partial charge in [-0.05, 0) is 73.6 Å². The van der Waals surface area contributed by atoms with Gasteiger partial charge in [0.05, 0.1) is 162 Å². The van der Waals surface area contributed by atoms with Gasteiger partial charge in [-0.3, -0.25) is 38.5 Å². The molecule has 8 rings (SSSR count). The predicted molar refractivity (Wildman–Crippen MR) is 357 cm³/mol. The maximum Gasteiger partial charge on any atom is 0.407 e. The van der Waals surface area contributed by atoms with Crippen molar-refractivity contribution in [1.82, 2.24) is 26.2 Å². The van der Waals surface area contributed by atoms with Gasteiger partial charge in [0.25, 0.3) is 11.8 Å². The molecule has 6 fully saturated rings. The van der Waals surface area contributed by atoms with E-state index in [0.717, 1.165) is 49.0 Å². The van der Waals surface area contributed by atoms with Crippen molar-refractivity contribution in [2.75, 3.05) is 150 Å². The molecule has 101 heavy (non-hydrogen) atoms. The van der Waals surface area contributed by atoms with Crippen molar-refractivity contribution in [1.29, 1.82) is 0 Å². The van der Waals surface area contributed by atoms with Crippen LogP contribution >= 0.6 is 0 Å². The van der Waals surface area contributed by atoms with Crippen LogP contribution in [0.5, 0.6) is 0 Å². The maximum atomic E-state index is 13.4. The molecule has 0 aliphatic carbocycles. The molecule has 7 aliphatic heterocycles. The zero-order valence-corrected chi connectivity index (χ0v) is 58.4. The largest absolute Gasteiger partial charge is 0.445 e. The van der Waals surface area contributed by atoms with E-state index in [1.165, 1.54) is 12.2 Å². The van der Waals surface area contributed by atoms with Crippen LogP contribution in [0.25, 0.3) is 0 Å². The molecule has 1 aromatic rings. The van der Waals surface area contributed by atoms with Crippen molar-refractivity contribution in [3.05, 3.63) is 54.1 Å². The lowest BCUT2D eigenvalue weighted by Gasteiger charge is -2.49. The summed E-state index contributed by atoms with van der Waals surface area (Å²) >= 11 is 0. The molecule has 3 unspecified atom stereocenters. The van der Waals surface area contributed by atoms with Gasteiger partial charge in [0.15, 0.2) is 6.10 Å². The van der Waals surface area contributed by atoms with Gasteiger partial charge in [0.1, 0.15) is 42.8 Å². The Hall–Kier alpha value is -5.98. The third kappa shape index (κ3) is 28.9. The minimum Gasteiger partial charge on any atom is -0.445 e. The first-order valence-electron chi connectivity index (χ1n) is 35.7. The number of benzene rings is 1. The number of amides is 7. The number of rotatable bonds is 51. The lowest BCUT2D eigenvalue weighted by molar-refractivity contribution is -0.435. The predicted octanol–water partition coefficient (Wildman–Crippen LogP) is 2.25. The van der Waals surface area contributed by atoms with Crippen molar-refractivity contribution in [2.24, 2.45) is 11.8 Å². The smallest absolute Gasteiger partial charge is 0.407 e. The standard InChI is InChI=1S/C70H106N6O25/c1-46(2)63(75-59(80)17-20-86-22-24-88-26-28-90-30-32-92-34-35-93-33-31-91-29-27-89-25-23-87-21-18-71-58(79)16-19-76-61(82)14-15-62(76)83)69(84)72-42-60(81)74-50-10-8-48(9-11-50)44-96-70(85)73-41-52(78)40-55-38-49(45-95-55)37-51(77)39-54-12-13-57-64(97-54)68-67-66(99-57)65(100-101-68)56(98-67)7-5-4-6-53-36-47(3)43-94-53/h8-11,14-15,46,49,52-57,63-68,78H,3-7,12-13,16-45H2,1-2H3,(H,71,79)(H,72,84)(H,73,85)(H,74,81)(H,75,80)/t49-,52+,53+,54-,55+,56-,57+,63?,64?,65+,66?,67-,68+/m1/s1. The number of nitrogens with zero attached hydrogens (tertiary/aromatic N) is 1. The van der Waals surface area contributed by atoms with Crippen LogP contribution in [0, 0.1) is 11.8 Å². The molecule has 31 nitrogen and oxygen atoms in total. The van der Waals surface area contributed by atoms with Crippen molar-refractivity contribution < 1.29 is 120 Å². The Morgan fingerprint density at radius 2 is 1.24 bits per heavy atom. The zero-order valence-electron chi connectivity index (χ0n) is 58.4. The number of ketones is 1. The molecule has 0 aromatic heterocycles. The molecule has 7 heterocycles. The number of aliphatic hydroxyl groups excluding tert-OH is 1. The van der Waals surface area contributed by atoms with Crippen molar-refractivity contribution in [3.8, 4) is 0 Å². The van der Waals surface area contributed by atoms with Gasteiger partial charge in [-0.2, -0.15) is 0 Å². The highest BCUT2D eigenvalue weighted by Gasteiger charge is 2.62. The summed E-state index contributed by atoms with van der Waals surface area (Å²) in [6, 6.07) is 5.70. The second kappa shape index (κ2) is 44.6. The quantitative estimate of drug-likeness (QED) is 0.0236. The summed E-state index contributed by atoms with van der Waals surface area (Å²) < 4.78 is 80.5. The molecule has 6 N–H and O–H groups in total. The molecule has 6 saturated heterocycles. The number of anilines is 1. The molecule has 13 atom stereocenters. The summed E-state index contributed by atoms with van der Waals surface area (Å²) in [4.78, 5) is 112. The van der Waals surface area contributed by atoms with Crippen LogP contribution in [0.15, 0.2) is 48.6 Å². The van der Waals surface area contributed by atoms with Crippen LogP contribution in [-0.2, 0) is 116 Å². The number of alkyl carbamates (subject to hydrolysis) is 1. The highest BCUT2D eigenvalue weighted by molar-refractivity contribution is 6.13. The number of aliphatic hydroxyl groups is 1. The molecule has 7 aliphatic rings. The Kier molecular flexibility index (Phi) is 35.7. The van der Waals surface area contributed by atoms with Gasteiger partial charge in [0.2, 0.25) is 23.6 Å². The normalized spacial score (nSPS) is 24.9. The van der Waals surface area contributed by atoms with E-state index in [2.05, 4.69) is 33.2 Å². The number of unbranched alkanes of at least 4 members (excludes halogenated alkanes) is 1. The number of hydrogen-bond acceptors (Lipinski definition) is 25. The van der Waals surface area contributed by atoms with Crippen molar-refractivity contribution in [2.45, 2.75) is 177 Å². The monoisotopic (exact) mass is 1430 g/mol. The number of nitrogens with one attached hydrogen (secondary N) is 5. The van der Waals surface area contributed by atoms with E-state index in [0.29, 0.717) is 143 Å². The molecule has 1 aromatic carbocycles. The van der Waals surface area contributed by atoms with E-state index in [9.17, 15) is 43.5 Å². The summed E-state index contributed by atoms with van der Waals surface area (Å²) in [7, 11) is 0. The summed E-state index contributed by atoms with van der Waals surface area (Å²) in [5.41, 5.74) is 2.24. The molecular weight excluding hydrogens is 1320 g/mol. The number of imide groups is 1. The van der Waals surface area contributed by atoms with Crippen molar-refractivity contribution >= 4 is 53.0 Å². The van der Waals surface area contributed by atoms with Crippen LogP contribution < -0.4 is 26.6 Å². The number of ether oxygens (including phenoxy) is 14. The van der Waals surface area contributed by atoms with E-state index in [1.807, 2.05) is 0 Å². The third-order valence-corrected chi connectivity index (χ3v) is 18.0. The summed E-state index contributed by atoms with van der Waals surface area (Å²) in [5.74, 6) is -2.70. The van der Waals surface area contributed by atoms with E-state index in [-0.39, 0.29) is 143 Å². The third-order valence-electron chi connectivity index (χ3n) is 18.0. The fourth-order valence-electron chi connectivity index (χ4n) is 12.7. The fraction of sp³-hybridized carbons (Fsp3) is 0.743. The summed E-state index contributed by atoms with van der Waals surface area (Å²) in [5, 5.41) is 24.0. The van der Waals surface area contributed by atoms with Gasteiger partial charge in [-0.1, -0.05) is 45.4 Å². The van der Waals surface area contributed by atoms with Crippen LogP contribution in [-0.4, -0.2) is 276 Å². The number of carbonyl (C=O) groups is 8. The topological polar surface area (TPSA) is 368 Å². The lowest BCUT2D eigenvalue weighted by atomic mass is 9.86. The maximum absolute atomic E-state index is 13.4.